The lowest BCUT2D eigenvalue weighted by molar-refractivity contribution is 1.12. The molecular formula is C4HBN5+. The van der Waals surface area contributed by atoms with E-state index < -0.39 is 0 Å². The van der Waals surface area contributed by atoms with Crippen molar-refractivity contribution in [2.45, 2.75) is 0 Å². The van der Waals surface area contributed by atoms with Crippen LogP contribution < -0.4 is 5.59 Å². The number of hydrogen-bond acceptors (Lipinski definition) is 3. The van der Waals surface area contributed by atoms with E-state index >= 15 is 0 Å². The highest BCUT2D eigenvalue weighted by atomic mass is 15.2. The summed E-state index contributed by atoms with van der Waals surface area (Å²) in [5, 5.41) is 22.3. The van der Waals surface area contributed by atoms with E-state index in [1.165, 1.54) is 0 Å². The third-order valence-corrected chi connectivity index (χ3v) is 0.982. The van der Waals surface area contributed by atoms with Crippen LogP contribution >= 0.6 is 0 Å². The highest BCUT2D eigenvalue weighted by Gasteiger charge is 2.19. The first-order valence-electron chi connectivity index (χ1n) is 2.38. The minimum absolute atomic E-state index is 0.0579. The molecule has 5 nitrogen and oxygen atoms in total. The fraction of sp³-hybridized carbons (Fsp3) is 0. The zero-order valence-corrected chi connectivity index (χ0v) is 4.87. The average Bonchev–Trinajstić information content (AvgIpc) is 2.30. The second-order valence-electron chi connectivity index (χ2n) is 1.55. The van der Waals surface area contributed by atoms with Gasteiger partial charge < -0.3 is 0 Å². The van der Waals surface area contributed by atoms with Gasteiger partial charge in [0.25, 0.3) is 0 Å². The van der Waals surface area contributed by atoms with Crippen molar-refractivity contribution < 1.29 is 0 Å². The third kappa shape index (κ3) is 0.721. The minimum atomic E-state index is -0.0833. The molecule has 1 aromatic rings. The molecule has 1 N–H and O–H groups in total. The zero-order valence-electron chi connectivity index (χ0n) is 4.87. The molecule has 0 saturated heterocycles. The first-order chi connectivity index (χ1) is 4.79. The summed E-state index contributed by atoms with van der Waals surface area (Å²) in [4.78, 5) is 2.72. The molecule has 0 aromatic carbocycles. The Bertz CT molecular complexity index is 326. The summed E-state index contributed by atoms with van der Waals surface area (Å²) in [6.07, 6.45) is 0. The summed E-state index contributed by atoms with van der Waals surface area (Å²) < 4.78 is 0. The van der Waals surface area contributed by atoms with Gasteiger partial charge in [0, 0.05) is 10.6 Å². The van der Waals surface area contributed by atoms with Gasteiger partial charge in [-0.25, -0.2) is 0 Å². The van der Waals surface area contributed by atoms with Gasteiger partial charge >= 0.3 is 5.82 Å². The lowest BCUT2D eigenvalue weighted by atomic mass is 10.0. The van der Waals surface area contributed by atoms with Gasteiger partial charge in [0.1, 0.15) is 13.9 Å². The third-order valence-electron chi connectivity index (χ3n) is 0.982. The molecule has 1 rings (SSSR count). The monoisotopic (exact) mass is 130 g/mol. The number of rotatable bonds is 0. The second-order valence-corrected chi connectivity index (χ2v) is 1.55. The summed E-state index contributed by atoms with van der Waals surface area (Å²) in [6.45, 7) is 0. The number of aromatic amines is 1. The van der Waals surface area contributed by atoms with Gasteiger partial charge in [-0.3, -0.25) is 0 Å². The molecule has 0 fully saturated rings. The van der Waals surface area contributed by atoms with Gasteiger partial charge in [-0.05, 0) is 0 Å². The maximum absolute atomic E-state index is 8.36. The number of nitrogens with one attached hydrogen (secondary N) is 1. The quantitative estimate of drug-likeness (QED) is 0.381. The minimum Gasteiger partial charge on any atom is -0.198 e. The molecule has 0 aliphatic rings. The average molecular weight is 130 g/mol. The van der Waals surface area contributed by atoms with Crippen LogP contribution in [0.3, 0.4) is 0 Å². The molecule has 44 valence electrons. The predicted octanol–water partition coefficient (Wildman–Crippen LogP) is -0.440. The number of nitrogens with zero attached hydrogens (tertiary/aromatic N) is 4. The van der Waals surface area contributed by atoms with Gasteiger partial charge in [-0.2, -0.15) is 10.4 Å². The number of nitriles is 1. The van der Waals surface area contributed by atoms with Crippen molar-refractivity contribution in [3.05, 3.63) is 10.5 Å². The topological polar surface area (TPSA) is 80.6 Å². The number of aromatic nitrogens is 2. The molecule has 1 heterocycles. The Kier molecular flexibility index (Phi) is 1.39. The van der Waals surface area contributed by atoms with Crippen LogP contribution in [0, 0.1) is 16.7 Å². The summed E-state index contributed by atoms with van der Waals surface area (Å²) in [5.41, 5.74) is 0.165. The molecule has 1 aromatic heterocycles. The standard InChI is InChI=1S/C4HBN5/c5-3-2(1-6)4(8-7)10-9-3/h(H,9,10)/q+1. The molecule has 0 atom stereocenters. The van der Waals surface area contributed by atoms with E-state index in [1.807, 2.05) is 0 Å². The zero-order chi connectivity index (χ0) is 7.56. The Labute approximate surface area is 57.7 Å². The van der Waals surface area contributed by atoms with Gasteiger partial charge in [-0.1, -0.05) is 0 Å². The normalized spacial score (nSPS) is 8.20. The van der Waals surface area contributed by atoms with Crippen LogP contribution in [0.1, 0.15) is 5.56 Å². The van der Waals surface area contributed by atoms with Crippen LogP contribution in [-0.4, -0.2) is 18.0 Å². The largest absolute Gasteiger partial charge is 0.504 e. The number of H-pyrrole nitrogens is 1. The van der Waals surface area contributed by atoms with Gasteiger partial charge in [0.05, 0.1) is 10.5 Å². The lowest BCUT2D eigenvalue weighted by Gasteiger charge is -1.72. The van der Waals surface area contributed by atoms with Crippen molar-refractivity contribution in [2.75, 3.05) is 0 Å². The molecule has 0 saturated carbocycles. The van der Waals surface area contributed by atoms with E-state index in [-0.39, 0.29) is 17.0 Å². The Balaban J connectivity index is 3.34. The molecule has 0 bridgehead atoms. The van der Waals surface area contributed by atoms with E-state index in [0.29, 0.717) is 0 Å². The molecule has 2 radical (unpaired) electrons. The molecule has 0 aliphatic carbocycles. The van der Waals surface area contributed by atoms with Crippen LogP contribution in [0.4, 0.5) is 5.82 Å². The van der Waals surface area contributed by atoms with E-state index in [4.69, 9.17) is 18.5 Å². The fourth-order valence-corrected chi connectivity index (χ4v) is 0.528. The van der Waals surface area contributed by atoms with Crippen LogP contribution in [0.2, 0.25) is 0 Å². The lowest BCUT2D eigenvalue weighted by Crippen LogP contribution is -2.06. The second kappa shape index (κ2) is 2.20. The highest BCUT2D eigenvalue weighted by molar-refractivity contribution is 6.32. The smallest absolute Gasteiger partial charge is 0.198 e. The summed E-state index contributed by atoms with van der Waals surface area (Å²) in [7, 11) is 5.22. The maximum atomic E-state index is 8.36. The van der Waals surface area contributed by atoms with Crippen LogP contribution in [-0.2, 0) is 0 Å². The summed E-state index contributed by atoms with van der Waals surface area (Å²) >= 11 is 0. The number of diazo groups is 1. The molecule has 10 heavy (non-hydrogen) atoms. The van der Waals surface area contributed by atoms with Crippen molar-refractivity contribution in [3.8, 4) is 6.07 Å². The summed E-state index contributed by atoms with van der Waals surface area (Å²) in [6, 6.07) is 1.72. The maximum Gasteiger partial charge on any atom is 0.504 e. The van der Waals surface area contributed by atoms with Crippen LogP contribution in [0.25, 0.3) is 4.98 Å². The Morgan fingerprint density at radius 2 is 2.40 bits per heavy atom. The number of hydrogen-bond donors (Lipinski definition) is 1. The predicted molar refractivity (Wildman–Crippen MR) is 33.4 cm³/mol. The Morgan fingerprint density at radius 1 is 1.70 bits per heavy atom. The van der Waals surface area contributed by atoms with Gasteiger partial charge in [-0.15, -0.1) is 0 Å². The molecule has 0 spiro atoms. The van der Waals surface area contributed by atoms with E-state index in [1.54, 1.807) is 6.07 Å². The first kappa shape index (κ1) is 6.31. The van der Waals surface area contributed by atoms with Crippen molar-refractivity contribution >= 4 is 19.3 Å². The van der Waals surface area contributed by atoms with Crippen molar-refractivity contribution in [1.82, 2.24) is 10.2 Å². The first-order valence-corrected chi connectivity index (χ1v) is 2.38. The molecule has 6 heteroatoms. The molecular weight excluding hydrogens is 129 g/mol. The van der Waals surface area contributed by atoms with Crippen LogP contribution in [0.15, 0.2) is 0 Å². The van der Waals surface area contributed by atoms with Crippen molar-refractivity contribution in [2.24, 2.45) is 0 Å². The van der Waals surface area contributed by atoms with E-state index in [9.17, 15) is 0 Å². The van der Waals surface area contributed by atoms with Gasteiger partial charge in [0.2, 0.25) is 0 Å². The molecule has 0 amide bonds. The highest BCUT2D eigenvalue weighted by Crippen LogP contribution is 2.09. The molecule has 0 aliphatic heterocycles. The summed E-state index contributed by atoms with van der Waals surface area (Å²) in [5.74, 6) is -0.0833. The van der Waals surface area contributed by atoms with Crippen molar-refractivity contribution in [1.29, 1.82) is 10.7 Å². The van der Waals surface area contributed by atoms with Crippen molar-refractivity contribution in [3.63, 3.8) is 0 Å². The fourth-order valence-electron chi connectivity index (χ4n) is 0.528. The van der Waals surface area contributed by atoms with Crippen LogP contribution in [0.5, 0.6) is 0 Å². The van der Waals surface area contributed by atoms with E-state index in [2.05, 4.69) is 15.2 Å². The van der Waals surface area contributed by atoms with Gasteiger partial charge in [0.15, 0.2) is 5.56 Å². The Hall–Kier alpha value is -1.82. The SMILES string of the molecule is [B]c1[nH]nc([N+]#N)c1C#N. The molecule has 0 unspecified atom stereocenters. The van der Waals surface area contributed by atoms with E-state index in [0.717, 1.165) is 0 Å². The Morgan fingerprint density at radius 3 is 2.80 bits per heavy atom.